The van der Waals surface area contributed by atoms with Crippen molar-refractivity contribution in [2.45, 2.75) is 19.0 Å². The molecule has 1 atom stereocenters. The normalized spacial score (nSPS) is 18.2. The van der Waals surface area contributed by atoms with E-state index in [-0.39, 0.29) is 12.4 Å². The predicted octanol–water partition coefficient (Wildman–Crippen LogP) is 1.48. The first-order valence-corrected chi connectivity index (χ1v) is 6.70. The zero-order chi connectivity index (χ0) is 13.1. The molecule has 108 valence electrons. The van der Waals surface area contributed by atoms with Gasteiger partial charge in [-0.3, -0.25) is 4.90 Å². The molecule has 1 unspecified atom stereocenters. The van der Waals surface area contributed by atoms with Gasteiger partial charge in [-0.1, -0.05) is 18.2 Å². The molecule has 0 spiro atoms. The third-order valence-corrected chi connectivity index (χ3v) is 3.60. The number of hydrogen-bond donors (Lipinski definition) is 1. The second kappa shape index (κ2) is 6.83. The summed E-state index contributed by atoms with van der Waals surface area (Å²) in [5.41, 5.74) is 2.01. The summed E-state index contributed by atoms with van der Waals surface area (Å²) >= 11 is 0. The Morgan fingerprint density at radius 1 is 1.35 bits per heavy atom. The first kappa shape index (κ1) is 15.0. The molecule has 1 saturated heterocycles. The minimum absolute atomic E-state index is 0. The van der Waals surface area contributed by atoms with Gasteiger partial charge in [0.1, 0.15) is 0 Å². The molecule has 1 N–H and O–H groups in total. The quantitative estimate of drug-likeness (QED) is 0.928. The lowest BCUT2D eigenvalue weighted by Crippen LogP contribution is -2.33. The van der Waals surface area contributed by atoms with Crippen LogP contribution in [0.3, 0.4) is 0 Å². The Morgan fingerprint density at radius 3 is 2.85 bits per heavy atom. The standard InChI is InChI=1S/C14H19N5.ClH/c1-18(14-7-8-15-10-14)11-12-9-16-19(17-12)13-5-3-2-4-6-13;/h2-6,9,14-15H,7-8,10-11H2,1H3;1H. The maximum absolute atomic E-state index is 4.54. The van der Waals surface area contributed by atoms with E-state index in [1.54, 1.807) is 4.80 Å². The van der Waals surface area contributed by atoms with E-state index in [2.05, 4.69) is 27.5 Å². The highest BCUT2D eigenvalue weighted by atomic mass is 35.5. The van der Waals surface area contributed by atoms with Gasteiger partial charge in [-0.15, -0.1) is 12.4 Å². The summed E-state index contributed by atoms with van der Waals surface area (Å²) in [5, 5.41) is 12.3. The van der Waals surface area contributed by atoms with Crippen LogP contribution >= 0.6 is 12.4 Å². The topological polar surface area (TPSA) is 46.0 Å². The fourth-order valence-corrected chi connectivity index (χ4v) is 2.45. The highest BCUT2D eigenvalue weighted by Crippen LogP contribution is 2.10. The summed E-state index contributed by atoms with van der Waals surface area (Å²) in [4.78, 5) is 4.04. The van der Waals surface area contributed by atoms with Crippen LogP contribution in [-0.4, -0.2) is 46.1 Å². The van der Waals surface area contributed by atoms with E-state index in [0.717, 1.165) is 31.0 Å². The molecular weight excluding hydrogens is 274 g/mol. The Balaban J connectivity index is 0.00000147. The van der Waals surface area contributed by atoms with Gasteiger partial charge in [0.15, 0.2) is 0 Å². The average molecular weight is 294 g/mol. The van der Waals surface area contributed by atoms with E-state index in [4.69, 9.17) is 0 Å². The molecule has 1 aliphatic rings. The number of nitrogens with one attached hydrogen (secondary N) is 1. The van der Waals surface area contributed by atoms with Crippen LogP contribution in [0.15, 0.2) is 36.5 Å². The second-order valence-corrected chi connectivity index (χ2v) is 5.02. The highest BCUT2D eigenvalue weighted by Gasteiger charge is 2.19. The number of halogens is 1. The van der Waals surface area contributed by atoms with Gasteiger partial charge in [-0.2, -0.15) is 15.0 Å². The minimum Gasteiger partial charge on any atom is -0.315 e. The van der Waals surface area contributed by atoms with Crippen molar-refractivity contribution in [2.24, 2.45) is 0 Å². The van der Waals surface area contributed by atoms with Crippen LogP contribution in [-0.2, 0) is 6.54 Å². The smallest absolute Gasteiger partial charge is 0.0971 e. The lowest BCUT2D eigenvalue weighted by Gasteiger charge is -2.21. The zero-order valence-corrected chi connectivity index (χ0v) is 12.4. The number of hydrogen-bond acceptors (Lipinski definition) is 4. The molecule has 0 amide bonds. The van der Waals surface area contributed by atoms with E-state index in [1.165, 1.54) is 6.42 Å². The highest BCUT2D eigenvalue weighted by molar-refractivity contribution is 5.85. The molecule has 0 radical (unpaired) electrons. The molecule has 1 aromatic carbocycles. The van der Waals surface area contributed by atoms with Crippen LogP contribution in [0.4, 0.5) is 0 Å². The molecular formula is C14H20ClN5. The summed E-state index contributed by atoms with van der Waals surface area (Å²) < 4.78 is 0. The van der Waals surface area contributed by atoms with Gasteiger partial charge in [0.2, 0.25) is 0 Å². The average Bonchev–Trinajstić information content (AvgIpc) is 3.11. The number of para-hydroxylation sites is 1. The van der Waals surface area contributed by atoms with E-state index in [9.17, 15) is 0 Å². The molecule has 20 heavy (non-hydrogen) atoms. The van der Waals surface area contributed by atoms with Crippen molar-refractivity contribution in [3.63, 3.8) is 0 Å². The lowest BCUT2D eigenvalue weighted by atomic mass is 10.2. The van der Waals surface area contributed by atoms with Crippen LogP contribution < -0.4 is 5.32 Å². The Bertz CT molecular complexity index is 521. The summed E-state index contributed by atoms with van der Waals surface area (Å²) in [5.74, 6) is 0. The van der Waals surface area contributed by atoms with Crippen molar-refractivity contribution < 1.29 is 0 Å². The molecule has 6 heteroatoms. The predicted molar refractivity (Wildman–Crippen MR) is 81.3 cm³/mol. The second-order valence-electron chi connectivity index (χ2n) is 5.02. The molecule has 1 aromatic heterocycles. The maximum atomic E-state index is 4.54. The molecule has 5 nitrogen and oxygen atoms in total. The van der Waals surface area contributed by atoms with E-state index in [0.29, 0.717) is 6.04 Å². The van der Waals surface area contributed by atoms with Crippen molar-refractivity contribution in [1.82, 2.24) is 25.2 Å². The lowest BCUT2D eigenvalue weighted by molar-refractivity contribution is 0.245. The van der Waals surface area contributed by atoms with Gasteiger partial charge in [0.05, 0.1) is 17.6 Å². The van der Waals surface area contributed by atoms with Crippen LogP contribution in [0.25, 0.3) is 5.69 Å². The third kappa shape index (κ3) is 3.36. The summed E-state index contributed by atoms with van der Waals surface area (Å²) in [6.45, 7) is 3.04. The fraction of sp³-hybridized carbons (Fsp3) is 0.429. The third-order valence-electron chi connectivity index (χ3n) is 3.60. The van der Waals surface area contributed by atoms with Gasteiger partial charge >= 0.3 is 0 Å². The number of likely N-dealkylation sites (N-methyl/N-ethyl adjacent to an activating group) is 1. The molecule has 2 heterocycles. The van der Waals surface area contributed by atoms with E-state index in [1.807, 2.05) is 36.5 Å². The SMILES string of the molecule is CN(Cc1cnn(-c2ccccc2)n1)C1CCNC1.Cl. The Hall–Kier alpha value is -1.43. The molecule has 2 aromatic rings. The summed E-state index contributed by atoms with van der Waals surface area (Å²) in [6.07, 6.45) is 3.06. The van der Waals surface area contributed by atoms with Crippen molar-refractivity contribution in [3.05, 3.63) is 42.2 Å². The maximum Gasteiger partial charge on any atom is 0.0971 e. The fourth-order valence-electron chi connectivity index (χ4n) is 2.45. The van der Waals surface area contributed by atoms with Crippen LogP contribution in [0.1, 0.15) is 12.1 Å². The van der Waals surface area contributed by atoms with Gasteiger partial charge in [-0.25, -0.2) is 0 Å². The number of rotatable bonds is 4. The van der Waals surface area contributed by atoms with E-state index >= 15 is 0 Å². The van der Waals surface area contributed by atoms with Gasteiger partial charge in [-0.05, 0) is 32.1 Å². The number of aromatic nitrogens is 3. The zero-order valence-electron chi connectivity index (χ0n) is 11.6. The molecule has 0 aliphatic carbocycles. The largest absolute Gasteiger partial charge is 0.315 e. The molecule has 1 fully saturated rings. The van der Waals surface area contributed by atoms with Crippen molar-refractivity contribution in [2.75, 3.05) is 20.1 Å². The first-order valence-electron chi connectivity index (χ1n) is 6.70. The summed E-state index contributed by atoms with van der Waals surface area (Å²) in [6, 6.07) is 10.6. The monoisotopic (exact) mass is 293 g/mol. The van der Waals surface area contributed by atoms with Crippen LogP contribution in [0.2, 0.25) is 0 Å². The Labute approximate surface area is 125 Å². The summed E-state index contributed by atoms with van der Waals surface area (Å²) in [7, 11) is 2.15. The molecule has 0 saturated carbocycles. The van der Waals surface area contributed by atoms with Crippen molar-refractivity contribution in [1.29, 1.82) is 0 Å². The van der Waals surface area contributed by atoms with Gasteiger partial charge in [0.25, 0.3) is 0 Å². The van der Waals surface area contributed by atoms with Gasteiger partial charge < -0.3 is 5.32 Å². The van der Waals surface area contributed by atoms with Crippen LogP contribution in [0, 0.1) is 0 Å². The Kier molecular flexibility index (Phi) is 5.11. The van der Waals surface area contributed by atoms with Crippen molar-refractivity contribution in [3.8, 4) is 5.69 Å². The Morgan fingerprint density at radius 2 is 2.15 bits per heavy atom. The van der Waals surface area contributed by atoms with Crippen LogP contribution in [0.5, 0.6) is 0 Å². The first-order chi connectivity index (χ1) is 9.33. The van der Waals surface area contributed by atoms with Crippen molar-refractivity contribution >= 4 is 12.4 Å². The molecule has 0 bridgehead atoms. The van der Waals surface area contributed by atoms with Gasteiger partial charge in [0, 0.05) is 19.1 Å². The number of benzene rings is 1. The molecule has 3 rings (SSSR count). The minimum atomic E-state index is 0. The van der Waals surface area contributed by atoms with E-state index < -0.39 is 0 Å². The molecule has 1 aliphatic heterocycles. The number of nitrogens with zero attached hydrogens (tertiary/aromatic N) is 4.